The minimum atomic E-state index is -0.111. The number of nitrogens with one attached hydrogen (secondary N) is 1. The SMILES string of the molecule is CCN1CCN(c2nc(C(=O)NC)cs2)CC1. The molecule has 1 aromatic heterocycles. The van der Waals surface area contributed by atoms with Gasteiger partial charge in [0.05, 0.1) is 0 Å². The van der Waals surface area contributed by atoms with Crippen LogP contribution < -0.4 is 10.2 Å². The van der Waals surface area contributed by atoms with Crippen LogP contribution in [0.5, 0.6) is 0 Å². The number of amides is 1. The topological polar surface area (TPSA) is 48.5 Å². The summed E-state index contributed by atoms with van der Waals surface area (Å²) >= 11 is 1.54. The van der Waals surface area contributed by atoms with E-state index in [1.54, 1.807) is 18.4 Å². The number of thiazole rings is 1. The standard InChI is InChI=1S/C11H18N4OS/c1-3-14-4-6-15(7-5-14)11-13-9(8-17-11)10(16)12-2/h8H,3-7H2,1-2H3,(H,12,16). The Morgan fingerprint density at radius 2 is 2.18 bits per heavy atom. The number of carbonyl (C=O) groups is 1. The number of rotatable bonds is 3. The Hall–Kier alpha value is -1.14. The van der Waals surface area contributed by atoms with Gasteiger partial charge in [-0.3, -0.25) is 4.79 Å². The summed E-state index contributed by atoms with van der Waals surface area (Å²) in [6.45, 7) is 7.43. The van der Waals surface area contributed by atoms with Crippen LogP contribution in [0.3, 0.4) is 0 Å². The van der Waals surface area contributed by atoms with Gasteiger partial charge in [-0.1, -0.05) is 6.92 Å². The maximum Gasteiger partial charge on any atom is 0.270 e. The fraction of sp³-hybridized carbons (Fsp3) is 0.636. The first-order valence-corrected chi connectivity index (χ1v) is 6.77. The maximum absolute atomic E-state index is 11.4. The Labute approximate surface area is 105 Å². The predicted octanol–water partition coefficient (Wildman–Crippen LogP) is 0.645. The third-order valence-electron chi connectivity index (χ3n) is 3.04. The van der Waals surface area contributed by atoms with Crippen molar-refractivity contribution in [3.8, 4) is 0 Å². The van der Waals surface area contributed by atoms with Crippen molar-refractivity contribution >= 4 is 22.4 Å². The fourth-order valence-corrected chi connectivity index (χ4v) is 2.76. The number of nitrogens with zero attached hydrogens (tertiary/aromatic N) is 3. The van der Waals surface area contributed by atoms with Gasteiger partial charge in [0.2, 0.25) is 0 Å². The quantitative estimate of drug-likeness (QED) is 0.860. The zero-order valence-corrected chi connectivity index (χ0v) is 11.1. The molecule has 1 aromatic rings. The first-order valence-electron chi connectivity index (χ1n) is 5.89. The molecule has 0 aliphatic carbocycles. The zero-order chi connectivity index (χ0) is 12.3. The molecule has 1 saturated heterocycles. The second-order valence-electron chi connectivity index (χ2n) is 4.02. The molecule has 5 nitrogen and oxygen atoms in total. The molecule has 0 spiro atoms. The number of hydrogen-bond donors (Lipinski definition) is 1. The molecular formula is C11H18N4OS. The first kappa shape index (κ1) is 12.3. The molecule has 1 aliphatic rings. The van der Waals surface area contributed by atoms with Crippen molar-refractivity contribution in [1.29, 1.82) is 0 Å². The molecule has 0 aromatic carbocycles. The lowest BCUT2D eigenvalue weighted by molar-refractivity contribution is 0.0959. The second kappa shape index (κ2) is 5.46. The van der Waals surface area contributed by atoms with E-state index >= 15 is 0 Å². The Bertz CT molecular complexity index is 385. The van der Waals surface area contributed by atoms with Crippen LogP contribution in [0.1, 0.15) is 17.4 Å². The van der Waals surface area contributed by atoms with Crippen molar-refractivity contribution < 1.29 is 4.79 Å². The summed E-state index contributed by atoms with van der Waals surface area (Å²) < 4.78 is 0. The number of anilines is 1. The van der Waals surface area contributed by atoms with Crippen LogP contribution in [0.2, 0.25) is 0 Å². The molecule has 6 heteroatoms. The highest BCUT2D eigenvalue weighted by atomic mass is 32.1. The number of likely N-dealkylation sites (N-methyl/N-ethyl adjacent to an activating group) is 1. The molecule has 2 rings (SSSR count). The van der Waals surface area contributed by atoms with E-state index in [0.717, 1.165) is 37.9 Å². The maximum atomic E-state index is 11.4. The summed E-state index contributed by atoms with van der Waals surface area (Å²) in [5.41, 5.74) is 0.519. The zero-order valence-electron chi connectivity index (χ0n) is 10.3. The predicted molar refractivity (Wildman–Crippen MR) is 69.8 cm³/mol. The Morgan fingerprint density at radius 3 is 2.76 bits per heavy atom. The van der Waals surface area contributed by atoms with Crippen LogP contribution in [-0.2, 0) is 0 Å². The summed E-state index contributed by atoms with van der Waals surface area (Å²) in [7, 11) is 1.63. The molecular weight excluding hydrogens is 236 g/mol. The normalized spacial score (nSPS) is 17.2. The Morgan fingerprint density at radius 1 is 1.47 bits per heavy atom. The summed E-state index contributed by atoms with van der Waals surface area (Å²) in [5, 5.41) is 5.37. The third-order valence-corrected chi connectivity index (χ3v) is 3.94. The molecule has 0 bridgehead atoms. The van der Waals surface area contributed by atoms with Gasteiger partial charge in [-0.15, -0.1) is 11.3 Å². The number of hydrogen-bond acceptors (Lipinski definition) is 5. The molecule has 0 radical (unpaired) electrons. The van der Waals surface area contributed by atoms with Crippen LogP contribution in [0, 0.1) is 0 Å². The van der Waals surface area contributed by atoms with Crippen LogP contribution in [0.25, 0.3) is 0 Å². The molecule has 0 atom stereocenters. The van der Waals surface area contributed by atoms with E-state index in [1.165, 1.54) is 0 Å². The number of aromatic nitrogens is 1. The van der Waals surface area contributed by atoms with Gasteiger partial charge >= 0.3 is 0 Å². The van der Waals surface area contributed by atoms with E-state index in [2.05, 4.69) is 27.0 Å². The van der Waals surface area contributed by atoms with Gasteiger partial charge in [-0.2, -0.15) is 0 Å². The minimum absolute atomic E-state index is 0.111. The van der Waals surface area contributed by atoms with Crippen molar-refractivity contribution in [2.75, 3.05) is 44.7 Å². The van der Waals surface area contributed by atoms with E-state index in [-0.39, 0.29) is 5.91 Å². The average molecular weight is 254 g/mol. The monoisotopic (exact) mass is 254 g/mol. The summed E-state index contributed by atoms with van der Waals surface area (Å²) in [5.74, 6) is -0.111. The molecule has 1 aliphatic heterocycles. The minimum Gasteiger partial charge on any atom is -0.354 e. The lowest BCUT2D eigenvalue weighted by Crippen LogP contribution is -2.46. The summed E-state index contributed by atoms with van der Waals surface area (Å²) in [6.07, 6.45) is 0. The lowest BCUT2D eigenvalue weighted by Gasteiger charge is -2.33. The highest BCUT2D eigenvalue weighted by Crippen LogP contribution is 2.21. The second-order valence-corrected chi connectivity index (χ2v) is 4.85. The van der Waals surface area contributed by atoms with Crippen molar-refractivity contribution in [2.45, 2.75) is 6.92 Å². The van der Waals surface area contributed by atoms with E-state index in [1.807, 2.05) is 5.38 Å². The summed E-state index contributed by atoms with van der Waals surface area (Å²) in [4.78, 5) is 20.5. The average Bonchev–Trinajstić information content (AvgIpc) is 2.87. The smallest absolute Gasteiger partial charge is 0.270 e. The van der Waals surface area contributed by atoms with Crippen molar-refractivity contribution in [3.63, 3.8) is 0 Å². The van der Waals surface area contributed by atoms with Crippen molar-refractivity contribution in [3.05, 3.63) is 11.1 Å². The van der Waals surface area contributed by atoms with Crippen LogP contribution in [0.15, 0.2) is 5.38 Å². The molecule has 1 amide bonds. The molecule has 1 fully saturated rings. The lowest BCUT2D eigenvalue weighted by atomic mass is 10.3. The van der Waals surface area contributed by atoms with E-state index < -0.39 is 0 Å². The van der Waals surface area contributed by atoms with E-state index in [4.69, 9.17) is 0 Å². The molecule has 94 valence electrons. The molecule has 17 heavy (non-hydrogen) atoms. The first-order chi connectivity index (χ1) is 8.24. The molecule has 2 heterocycles. The van der Waals surface area contributed by atoms with Gasteiger partial charge in [0.15, 0.2) is 5.13 Å². The number of piperazine rings is 1. The van der Waals surface area contributed by atoms with Gasteiger partial charge in [0, 0.05) is 38.6 Å². The molecule has 1 N–H and O–H groups in total. The van der Waals surface area contributed by atoms with Crippen LogP contribution in [0.4, 0.5) is 5.13 Å². The third kappa shape index (κ3) is 2.76. The van der Waals surface area contributed by atoms with Crippen molar-refractivity contribution in [2.24, 2.45) is 0 Å². The largest absolute Gasteiger partial charge is 0.354 e. The highest BCUT2D eigenvalue weighted by molar-refractivity contribution is 7.13. The van der Waals surface area contributed by atoms with E-state index in [0.29, 0.717) is 5.69 Å². The van der Waals surface area contributed by atoms with Gasteiger partial charge in [0.25, 0.3) is 5.91 Å². The van der Waals surface area contributed by atoms with Crippen molar-refractivity contribution in [1.82, 2.24) is 15.2 Å². The number of carbonyl (C=O) groups excluding carboxylic acids is 1. The van der Waals surface area contributed by atoms with Gasteiger partial charge in [-0.25, -0.2) is 4.98 Å². The van der Waals surface area contributed by atoms with Gasteiger partial charge in [0.1, 0.15) is 5.69 Å². The molecule has 0 saturated carbocycles. The Balaban J connectivity index is 1.99. The highest BCUT2D eigenvalue weighted by Gasteiger charge is 2.19. The van der Waals surface area contributed by atoms with E-state index in [9.17, 15) is 4.79 Å². The molecule has 0 unspecified atom stereocenters. The Kier molecular flexibility index (Phi) is 3.96. The van der Waals surface area contributed by atoms with Crippen LogP contribution >= 0.6 is 11.3 Å². The van der Waals surface area contributed by atoms with Crippen LogP contribution in [-0.4, -0.2) is 55.6 Å². The fourth-order valence-electron chi connectivity index (χ4n) is 1.90. The van der Waals surface area contributed by atoms with Gasteiger partial charge < -0.3 is 15.1 Å². The summed E-state index contributed by atoms with van der Waals surface area (Å²) in [6, 6.07) is 0. The van der Waals surface area contributed by atoms with Gasteiger partial charge in [-0.05, 0) is 6.54 Å².